The highest BCUT2D eigenvalue weighted by Gasteiger charge is 2.40. The number of hydrogen-bond donors (Lipinski definition) is 9. The van der Waals surface area contributed by atoms with E-state index in [1.54, 1.807) is 36.4 Å². The molecule has 0 aromatic heterocycles. The lowest BCUT2D eigenvalue weighted by atomic mass is 9.61. The third kappa shape index (κ3) is 5.21. The van der Waals surface area contributed by atoms with Crippen LogP contribution in [0.4, 0.5) is 0 Å². The van der Waals surface area contributed by atoms with Gasteiger partial charge in [-0.3, -0.25) is 0 Å². The Bertz CT molecular complexity index is 1190. The van der Waals surface area contributed by atoms with Crippen molar-refractivity contribution in [3.8, 4) is 17.2 Å². The van der Waals surface area contributed by atoms with E-state index in [1.807, 2.05) is 0 Å². The molecule has 1 saturated carbocycles. The number of benzene rings is 3. The summed E-state index contributed by atoms with van der Waals surface area (Å²) >= 11 is 0. The predicted molar refractivity (Wildman–Crippen MR) is 142 cm³/mol. The molecule has 1 aliphatic carbocycles. The molecule has 0 aliphatic heterocycles. The van der Waals surface area contributed by atoms with Crippen LogP contribution in [-0.4, -0.2) is 46.0 Å². The molecular weight excluding hydrogens is 504 g/mol. The van der Waals surface area contributed by atoms with Crippen molar-refractivity contribution in [3.05, 3.63) is 86.5 Å². The summed E-state index contributed by atoms with van der Waals surface area (Å²) in [5.74, 6) is -0.443. The fraction of sp³-hybridized carbons (Fsp3) is 0.400. The largest absolute Gasteiger partial charge is 0.507 e. The van der Waals surface area contributed by atoms with Crippen molar-refractivity contribution in [2.75, 3.05) is 0 Å². The molecule has 39 heavy (non-hydrogen) atoms. The standard InChI is InChI=1S/C30H36O9/c31-11-19-5-18(6-20(12-32)27(19)37)17-1-3-30(4-2-17,25-7-21(13-33)28(38)22(8-25)14-34)26-9-23(15-35)29(39)24(10-26)16-36/h5-10,17,31-39H,1-4,11-16H2. The molecule has 3 aromatic rings. The van der Waals surface area contributed by atoms with Gasteiger partial charge in [-0.2, -0.15) is 0 Å². The Hall–Kier alpha value is -3.18. The van der Waals surface area contributed by atoms with Gasteiger partial charge in [0.1, 0.15) is 17.2 Å². The molecule has 1 aliphatic rings. The van der Waals surface area contributed by atoms with E-state index in [2.05, 4.69) is 0 Å². The second-order valence-electron chi connectivity index (χ2n) is 10.3. The number of aliphatic hydroxyl groups is 6. The third-order valence-corrected chi connectivity index (χ3v) is 8.26. The molecule has 9 nitrogen and oxygen atoms in total. The topological polar surface area (TPSA) is 182 Å². The zero-order chi connectivity index (χ0) is 28.3. The minimum absolute atomic E-state index is 0.0350. The first-order valence-corrected chi connectivity index (χ1v) is 13.0. The summed E-state index contributed by atoms with van der Waals surface area (Å²) in [5.41, 5.74) is 3.38. The molecule has 0 atom stereocenters. The van der Waals surface area contributed by atoms with Gasteiger partial charge < -0.3 is 46.0 Å². The van der Waals surface area contributed by atoms with Crippen molar-refractivity contribution >= 4 is 0 Å². The first kappa shape index (κ1) is 28.8. The minimum atomic E-state index is -0.712. The maximum Gasteiger partial charge on any atom is 0.126 e. The highest BCUT2D eigenvalue weighted by molar-refractivity contribution is 5.53. The molecule has 0 heterocycles. The zero-order valence-electron chi connectivity index (χ0n) is 21.6. The second kappa shape index (κ2) is 11.9. The van der Waals surface area contributed by atoms with Gasteiger partial charge in [0.15, 0.2) is 0 Å². The summed E-state index contributed by atoms with van der Waals surface area (Å²) in [5, 5.41) is 90.4. The maximum atomic E-state index is 10.5. The molecule has 4 rings (SSSR count). The highest BCUT2D eigenvalue weighted by Crippen LogP contribution is 2.51. The van der Waals surface area contributed by atoms with Gasteiger partial charge in [0.2, 0.25) is 0 Å². The maximum absolute atomic E-state index is 10.5. The summed E-state index contributed by atoms with van der Waals surface area (Å²) in [6, 6.07) is 10.3. The van der Waals surface area contributed by atoms with Crippen LogP contribution in [0, 0.1) is 0 Å². The van der Waals surface area contributed by atoms with E-state index in [0.29, 0.717) is 36.8 Å². The van der Waals surface area contributed by atoms with Crippen molar-refractivity contribution < 1.29 is 46.0 Å². The first-order chi connectivity index (χ1) is 18.8. The first-order valence-electron chi connectivity index (χ1n) is 13.0. The SMILES string of the molecule is OCc1cc(C2CCC(c3cc(CO)c(O)c(CO)c3)(c3cc(CO)c(O)c(CO)c3)CC2)cc(CO)c1O. The Labute approximate surface area is 226 Å². The molecule has 0 bridgehead atoms. The van der Waals surface area contributed by atoms with Gasteiger partial charge >= 0.3 is 0 Å². The van der Waals surface area contributed by atoms with Crippen LogP contribution in [0.2, 0.25) is 0 Å². The molecule has 0 amide bonds. The van der Waals surface area contributed by atoms with Crippen molar-refractivity contribution in [2.45, 2.75) is 76.7 Å². The van der Waals surface area contributed by atoms with Gasteiger partial charge in [-0.05, 0) is 84.7 Å². The van der Waals surface area contributed by atoms with Gasteiger partial charge in [0.05, 0.1) is 39.6 Å². The summed E-state index contributed by atoms with van der Waals surface area (Å²) in [4.78, 5) is 0. The lowest BCUT2D eigenvalue weighted by Gasteiger charge is -2.42. The van der Waals surface area contributed by atoms with Crippen LogP contribution in [0.25, 0.3) is 0 Å². The van der Waals surface area contributed by atoms with Crippen molar-refractivity contribution in [1.82, 2.24) is 0 Å². The molecule has 0 saturated heterocycles. The number of hydrogen-bond acceptors (Lipinski definition) is 9. The molecule has 3 aromatic carbocycles. The minimum Gasteiger partial charge on any atom is -0.507 e. The van der Waals surface area contributed by atoms with E-state index < -0.39 is 31.8 Å². The van der Waals surface area contributed by atoms with Crippen molar-refractivity contribution in [3.63, 3.8) is 0 Å². The van der Waals surface area contributed by atoms with E-state index in [0.717, 1.165) is 16.7 Å². The lowest BCUT2D eigenvalue weighted by molar-refractivity contribution is 0.258. The fourth-order valence-corrected chi connectivity index (χ4v) is 6.01. The lowest BCUT2D eigenvalue weighted by Crippen LogP contribution is -2.33. The Balaban J connectivity index is 1.85. The zero-order valence-corrected chi connectivity index (χ0v) is 21.6. The van der Waals surface area contributed by atoms with Gasteiger partial charge in [-0.1, -0.05) is 0 Å². The van der Waals surface area contributed by atoms with Crippen LogP contribution in [-0.2, 0) is 45.1 Å². The van der Waals surface area contributed by atoms with E-state index in [9.17, 15) is 46.0 Å². The third-order valence-electron chi connectivity index (χ3n) is 8.26. The molecule has 0 spiro atoms. The van der Waals surface area contributed by atoms with Crippen LogP contribution in [0.3, 0.4) is 0 Å². The van der Waals surface area contributed by atoms with Crippen molar-refractivity contribution in [1.29, 1.82) is 0 Å². The summed E-state index contributed by atoms with van der Waals surface area (Å²) < 4.78 is 0. The molecule has 210 valence electrons. The molecule has 9 heteroatoms. The van der Waals surface area contributed by atoms with E-state index in [4.69, 9.17) is 0 Å². The van der Waals surface area contributed by atoms with Gasteiger partial charge in [0.25, 0.3) is 0 Å². The second-order valence-corrected chi connectivity index (χ2v) is 10.3. The quantitative estimate of drug-likeness (QED) is 0.197. The van der Waals surface area contributed by atoms with Crippen LogP contribution in [0.1, 0.15) is 81.7 Å². The van der Waals surface area contributed by atoms with Crippen LogP contribution in [0.15, 0.2) is 36.4 Å². The number of aromatic hydroxyl groups is 3. The average molecular weight is 541 g/mol. The molecule has 0 radical (unpaired) electrons. The normalized spacial score (nSPS) is 15.5. The van der Waals surface area contributed by atoms with Crippen LogP contribution >= 0.6 is 0 Å². The Morgan fingerprint density at radius 2 is 0.769 bits per heavy atom. The Morgan fingerprint density at radius 1 is 0.487 bits per heavy atom. The van der Waals surface area contributed by atoms with Crippen LogP contribution < -0.4 is 0 Å². The predicted octanol–water partition coefficient (Wildman–Crippen LogP) is 2.40. The van der Waals surface area contributed by atoms with E-state index in [1.165, 1.54) is 0 Å². The van der Waals surface area contributed by atoms with Gasteiger partial charge in [-0.25, -0.2) is 0 Å². The number of rotatable bonds is 9. The molecule has 1 fully saturated rings. The van der Waals surface area contributed by atoms with E-state index >= 15 is 0 Å². The molecule has 9 N–H and O–H groups in total. The van der Waals surface area contributed by atoms with Gasteiger partial charge in [-0.15, -0.1) is 0 Å². The van der Waals surface area contributed by atoms with E-state index in [-0.39, 0.29) is 58.6 Å². The average Bonchev–Trinajstić information content (AvgIpc) is 2.97. The highest BCUT2D eigenvalue weighted by atomic mass is 16.3. The Kier molecular flexibility index (Phi) is 8.80. The Morgan fingerprint density at radius 3 is 1.05 bits per heavy atom. The number of aliphatic hydroxyl groups excluding tert-OH is 6. The molecule has 0 unspecified atom stereocenters. The van der Waals surface area contributed by atoms with Crippen molar-refractivity contribution in [2.24, 2.45) is 0 Å². The number of phenols is 3. The summed E-state index contributed by atoms with van der Waals surface area (Å²) in [6.07, 6.45) is 2.41. The molecular formula is C30H36O9. The van der Waals surface area contributed by atoms with Gasteiger partial charge in [0, 0.05) is 38.8 Å². The fourth-order valence-electron chi connectivity index (χ4n) is 6.01. The summed E-state index contributed by atoms with van der Waals surface area (Å²) in [6.45, 7) is -2.49. The summed E-state index contributed by atoms with van der Waals surface area (Å²) in [7, 11) is 0. The van der Waals surface area contributed by atoms with Crippen LogP contribution in [0.5, 0.6) is 17.2 Å². The smallest absolute Gasteiger partial charge is 0.126 e. The monoisotopic (exact) mass is 540 g/mol.